The predicted molar refractivity (Wildman–Crippen MR) is 74.7 cm³/mol. The van der Waals surface area contributed by atoms with Gasteiger partial charge in [0.05, 0.1) is 24.4 Å². The van der Waals surface area contributed by atoms with Crippen LogP contribution >= 0.6 is 0 Å². The summed E-state index contributed by atoms with van der Waals surface area (Å²) in [5.74, 6) is 0.298. The Labute approximate surface area is 117 Å². The Morgan fingerprint density at radius 2 is 2.10 bits per heavy atom. The lowest BCUT2D eigenvalue weighted by atomic mass is 10.2. The van der Waals surface area contributed by atoms with Gasteiger partial charge in [-0.2, -0.15) is 5.26 Å². The molecule has 0 saturated heterocycles. The van der Waals surface area contributed by atoms with Gasteiger partial charge in [-0.3, -0.25) is 9.78 Å². The fraction of sp³-hybridized carbons (Fsp3) is 0.133. The molecule has 0 atom stereocenters. The molecule has 0 aliphatic heterocycles. The summed E-state index contributed by atoms with van der Waals surface area (Å²) >= 11 is 0. The zero-order chi connectivity index (χ0) is 14.5. The number of amides is 1. The SMILES string of the molecule is COc1ccccc1N(C)C(=O)c1cc(C#N)ccn1. The predicted octanol–water partition coefficient (Wildman–Crippen LogP) is 2.24. The zero-order valence-corrected chi connectivity index (χ0v) is 11.2. The van der Waals surface area contributed by atoms with Crippen LogP contribution in [0.1, 0.15) is 16.1 Å². The fourth-order valence-corrected chi connectivity index (χ4v) is 1.81. The number of hydrogen-bond donors (Lipinski definition) is 0. The fourth-order valence-electron chi connectivity index (χ4n) is 1.81. The van der Waals surface area contributed by atoms with E-state index in [0.717, 1.165) is 0 Å². The van der Waals surface area contributed by atoms with E-state index in [0.29, 0.717) is 17.0 Å². The van der Waals surface area contributed by atoms with Crippen molar-refractivity contribution in [3.05, 3.63) is 53.9 Å². The molecule has 5 nitrogen and oxygen atoms in total. The van der Waals surface area contributed by atoms with E-state index in [2.05, 4.69) is 4.98 Å². The Bertz CT molecular complexity index is 677. The number of rotatable bonds is 3. The number of carbonyl (C=O) groups is 1. The summed E-state index contributed by atoms with van der Waals surface area (Å²) in [6.07, 6.45) is 1.45. The van der Waals surface area contributed by atoms with Gasteiger partial charge in [0.25, 0.3) is 5.91 Å². The van der Waals surface area contributed by atoms with Crippen molar-refractivity contribution in [2.24, 2.45) is 0 Å². The number of pyridine rings is 1. The van der Waals surface area contributed by atoms with E-state index in [1.165, 1.54) is 17.2 Å². The number of para-hydroxylation sites is 2. The second-order valence-corrected chi connectivity index (χ2v) is 4.08. The standard InChI is InChI=1S/C15H13N3O2/c1-18(13-5-3-4-6-14(13)20-2)15(19)12-9-11(10-16)7-8-17-12/h3-9H,1-2H3. The lowest BCUT2D eigenvalue weighted by molar-refractivity contribution is 0.0987. The molecule has 2 aromatic rings. The molecule has 0 aliphatic carbocycles. The molecule has 2 rings (SSSR count). The minimum atomic E-state index is -0.299. The molecule has 0 unspecified atom stereocenters. The van der Waals surface area contributed by atoms with Crippen molar-refractivity contribution in [2.75, 3.05) is 19.1 Å². The highest BCUT2D eigenvalue weighted by molar-refractivity contribution is 6.05. The van der Waals surface area contributed by atoms with Crippen molar-refractivity contribution < 1.29 is 9.53 Å². The molecule has 0 fully saturated rings. The van der Waals surface area contributed by atoms with Gasteiger partial charge in [-0.05, 0) is 24.3 Å². The molecular weight excluding hydrogens is 254 g/mol. The van der Waals surface area contributed by atoms with Crippen LogP contribution in [0.15, 0.2) is 42.6 Å². The molecule has 1 amide bonds. The first-order valence-corrected chi connectivity index (χ1v) is 5.94. The maximum absolute atomic E-state index is 12.4. The molecular formula is C15H13N3O2. The van der Waals surface area contributed by atoms with Crippen LogP contribution in [-0.2, 0) is 0 Å². The highest BCUT2D eigenvalue weighted by Gasteiger charge is 2.18. The minimum Gasteiger partial charge on any atom is -0.495 e. The van der Waals surface area contributed by atoms with E-state index >= 15 is 0 Å². The Balaban J connectivity index is 2.35. The number of methoxy groups -OCH3 is 1. The van der Waals surface area contributed by atoms with Crippen molar-refractivity contribution in [3.63, 3.8) is 0 Å². The highest BCUT2D eigenvalue weighted by Crippen LogP contribution is 2.27. The van der Waals surface area contributed by atoms with Gasteiger partial charge < -0.3 is 9.64 Å². The first-order chi connectivity index (χ1) is 9.67. The third kappa shape index (κ3) is 2.59. The topological polar surface area (TPSA) is 66.2 Å². The van der Waals surface area contributed by atoms with Crippen molar-refractivity contribution in [1.29, 1.82) is 5.26 Å². The van der Waals surface area contributed by atoms with Crippen LogP contribution in [0.2, 0.25) is 0 Å². The number of nitrogens with zero attached hydrogens (tertiary/aromatic N) is 3. The van der Waals surface area contributed by atoms with E-state index in [1.807, 2.05) is 18.2 Å². The van der Waals surface area contributed by atoms with Crippen LogP contribution < -0.4 is 9.64 Å². The summed E-state index contributed by atoms with van der Waals surface area (Å²) in [5.41, 5.74) is 1.26. The van der Waals surface area contributed by atoms with E-state index < -0.39 is 0 Å². The maximum Gasteiger partial charge on any atom is 0.276 e. The van der Waals surface area contributed by atoms with Crippen LogP contribution in [0.25, 0.3) is 0 Å². The summed E-state index contributed by atoms with van der Waals surface area (Å²) in [7, 11) is 3.19. The quantitative estimate of drug-likeness (QED) is 0.855. The second-order valence-electron chi connectivity index (χ2n) is 4.08. The van der Waals surface area contributed by atoms with Gasteiger partial charge >= 0.3 is 0 Å². The Kier molecular flexibility index (Phi) is 3.96. The molecule has 0 spiro atoms. The minimum absolute atomic E-state index is 0.220. The van der Waals surface area contributed by atoms with Gasteiger partial charge in [0.2, 0.25) is 0 Å². The van der Waals surface area contributed by atoms with Gasteiger partial charge in [-0.15, -0.1) is 0 Å². The molecule has 1 aromatic heterocycles. The number of nitriles is 1. The lowest BCUT2D eigenvalue weighted by Gasteiger charge is -2.19. The van der Waals surface area contributed by atoms with Crippen LogP contribution in [-0.4, -0.2) is 25.0 Å². The number of aromatic nitrogens is 1. The normalized spacial score (nSPS) is 9.65. The molecule has 1 aromatic carbocycles. The van der Waals surface area contributed by atoms with Crippen LogP contribution in [0.3, 0.4) is 0 Å². The second kappa shape index (κ2) is 5.85. The molecule has 0 aliphatic rings. The third-order valence-corrected chi connectivity index (χ3v) is 2.86. The largest absolute Gasteiger partial charge is 0.495 e. The first-order valence-electron chi connectivity index (χ1n) is 5.94. The van der Waals surface area contributed by atoms with Crippen LogP contribution in [0.5, 0.6) is 5.75 Å². The molecule has 20 heavy (non-hydrogen) atoms. The third-order valence-electron chi connectivity index (χ3n) is 2.86. The van der Waals surface area contributed by atoms with E-state index in [4.69, 9.17) is 10.00 Å². The van der Waals surface area contributed by atoms with Crippen molar-refractivity contribution >= 4 is 11.6 Å². The van der Waals surface area contributed by atoms with Gasteiger partial charge in [-0.25, -0.2) is 0 Å². The monoisotopic (exact) mass is 267 g/mol. The molecule has 100 valence electrons. The van der Waals surface area contributed by atoms with Crippen molar-refractivity contribution in [3.8, 4) is 11.8 Å². The smallest absolute Gasteiger partial charge is 0.276 e. The Morgan fingerprint density at radius 1 is 1.35 bits per heavy atom. The van der Waals surface area contributed by atoms with Crippen molar-refractivity contribution in [1.82, 2.24) is 4.98 Å². The Morgan fingerprint density at radius 3 is 2.80 bits per heavy atom. The number of carbonyl (C=O) groups excluding carboxylic acids is 1. The van der Waals surface area contributed by atoms with Gasteiger partial charge in [0, 0.05) is 13.2 Å². The summed E-state index contributed by atoms with van der Waals surface area (Å²) in [4.78, 5) is 17.8. The molecule has 1 heterocycles. The average Bonchev–Trinajstić information content (AvgIpc) is 2.53. The Hall–Kier alpha value is -2.87. The molecule has 0 saturated carbocycles. The lowest BCUT2D eigenvalue weighted by Crippen LogP contribution is -2.27. The van der Waals surface area contributed by atoms with Gasteiger partial charge in [0.1, 0.15) is 11.4 Å². The molecule has 0 N–H and O–H groups in total. The molecule has 0 bridgehead atoms. The summed E-state index contributed by atoms with van der Waals surface area (Å²) in [5, 5.41) is 8.86. The summed E-state index contributed by atoms with van der Waals surface area (Å²) < 4.78 is 5.23. The molecule has 0 radical (unpaired) electrons. The maximum atomic E-state index is 12.4. The number of benzene rings is 1. The van der Waals surface area contributed by atoms with E-state index in [1.54, 1.807) is 32.4 Å². The average molecular weight is 267 g/mol. The van der Waals surface area contributed by atoms with Gasteiger partial charge in [0.15, 0.2) is 0 Å². The van der Waals surface area contributed by atoms with Gasteiger partial charge in [-0.1, -0.05) is 12.1 Å². The molecule has 5 heteroatoms. The van der Waals surface area contributed by atoms with Crippen LogP contribution in [0, 0.1) is 11.3 Å². The first kappa shape index (κ1) is 13.6. The highest BCUT2D eigenvalue weighted by atomic mass is 16.5. The number of hydrogen-bond acceptors (Lipinski definition) is 4. The van der Waals surface area contributed by atoms with E-state index in [-0.39, 0.29) is 11.6 Å². The van der Waals surface area contributed by atoms with Crippen LogP contribution in [0.4, 0.5) is 5.69 Å². The number of anilines is 1. The van der Waals surface area contributed by atoms with E-state index in [9.17, 15) is 4.79 Å². The zero-order valence-electron chi connectivity index (χ0n) is 11.2. The summed E-state index contributed by atoms with van der Waals surface area (Å²) in [6.45, 7) is 0. The number of ether oxygens (including phenoxy) is 1. The van der Waals surface area contributed by atoms with Crippen molar-refractivity contribution in [2.45, 2.75) is 0 Å². The summed E-state index contributed by atoms with van der Waals surface area (Å²) in [6, 6.07) is 12.2.